The second-order valence-electron chi connectivity index (χ2n) is 5.32. The normalized spacial score (nSPS) is 10.9. The van der Waals surface area contributed by atoms with E-state index in [1.54, 1.807) is 0 Å². The van der Waals surface area contributed by atoms with E-state index in [4.69, 9.17) is 4.74 Å². The van der Waals surface area contributed by atoms with Crippen LogP contribution >= 0.6 is 31.9 Å². The molecule has 0 bridgehead atoms. The third-order valence-electron chi connectivity index (χ3n) is 3.31. The molecular formula is C17H27Br2NO. The summed E-state index contributed by atoms with van der Waals surface area (Å²) in [6.45, 7) is 7.05. The molecule has 0 aliphatic rings. The van der Waals surface area contributed by atoms with Crippen molar-refractivity contribution in [2.75, 3.05) is 13.2 Å². The van der Waals surface area contributed by atoms with Crippen molar-refractivity contribution in [2.45, 2.75) is 58.9 Å². The molecule has 0 aliphatic heterocycles. The van der Waals surface area contributed by atoms with Crippen LogP contribution in [-0.4, -0.2) is 13.2 Å². The zero-order valence-electron chi connectivity index (χ0n) is 13.2. The molecule has 0 unspecified atom stereocenters. The highest BCUT2D eigenvalue weighted by atomic mass is 79.9. The lowest BCUT2D eigenvalue weighted by Crippen LogP contribution is -2.16. The van der Waals surface area contributed by atoms with Gasteiger partial charge in [-0.2, -0.15) is 0 Å². The van der Waals surface area contributed by atoms with Crippen molar-refractivity contribution in [3.05, 3.63) is 26.6 Å². The first-order valence-corrected chi connectivity index (χ1v) is 9.59. The number of rotatable bonds is 11. The van der Waals surface area contributed by atoms with E-state index < -0.39 is 0 Å². The average molecular weight is 421 g/mol. The van der Waals surface area contributed by atoms with E-state index >= 15 is 0 Å². The van der Waals surface area contributed by atoms with E-state index in [-0.39, 0.29) is 0 Å². The third-order valence-corrected chi connectivity index (χ3v) is 4.36. The molecule has 0 fully saturated rings. The summed E-state index contributed by atoms with van der Waals surface area (Å²) in [7, 11) is 0. The fourth-order valence-electron chi connectivity index (χ4n) is 2.19. The van der Waals surface area contributed by atoms with Crippen LogP contribution in [0, 0.1) is 0 Å². The van der Waals surface area contributed by atoms with Crippen LogP contribution < -0.4 is 10.1 Å². The quantitative estimate of drug-likeness (QED) is 0.439. The second-order valence-corrected chi connectivity index (χ2v) is 7.09. The monoisotopic (exact) mass is 419 g/mol. The van der Waals surface area contributed by atoms with Gasteiger partial charge in [-0.25, -0.2) is 0 Å². The van der Waals surface area contributed by atoms with Crippen LogP contribution in [0.4, 0.5) is 0 Å². The number of ether oxygens (including phenoxy) is 1. The molecule has 0 saturated heterocycles. The Morgan fingerprint density at radius 1 is 1.00 bits per heavy atom. The standard InChI is InChI=1S/C17H27Br2NO/c1-3-5-6-7-8-9-20-13-14-11-15(18)12-16(19)17(14)21-10-4-2/h11-12,20H,3-10,13H2,1-2H3. The maximum Gasteiger partial charge on any atom is 0.138 e. The van der Waals surface area contributed by atoms with Gasteiger partial charge in [0.25, 0.3) is 0 Å². The summed E-state index contributed by atoms with van der Waals surface area (Å²) >= 11 is 7.15. The van der Waals surface area contributed by atoms with Crippen molar-refractivity contribution in [1.29, 1.82) is 0 Å². The lowest BCUT2D eigenvalue weighted by atomic mass is 10.1. The van der Waals surface area contributed by atoms with Crippen molar-refractivity contribution >= 4 is 31.9 Å². The van der Waals surface area contributed by atoms with E-state index in [9.17, 15) is 0 Å². The van der Waals surface area contributed by atoms with Crippen molar-refractivity contribution in [2.24, 2.45) is 0 Å². The molecule has 0 atom stereocenters. The van der Waals surface area contributed by atoms with Gasteiger partial charge in [0.2, 0.25) is 0 Å². The number of benzene rings is 1. The first-order valence-electron chi connectivity index (χ1n) is 8.00. The van der Waals surface area contributed by atoms with Gasteiger partial charge in [0, 0.05) is 16.6 Å². The summed E-state index contributed by atoms with van der Waals surface area (Å²) < 4.78 is 7.97. The molecule has 2 nitrogen and oxygen atoms in total. The van der Waals surface area contributed by atoms with Gasteiger partial charge in [-0.3, -0.25) is 0 Å². The summed E-state index contributed by atoms with van der Waals surface area (Å²) in [5, 5.41) is 3.53. The SMILES string of the molecule is CCCCCCCNCc1cc(Br)cc(Br)c1OCCC. The van der Waals surface area contributed by atoms with Crippen LogP contribution in [0.25, 0.3) is 0 Å². The molecule has 0 radical (unpaired) electrons. The van der Waals surface area contributed by atoms with Gasteiger partial charge in [-0.05, 0) is 47.4 Å². The van der Waals surface area contributed by atoms with Crippen LogP contribution in [-0.2, 0) is 6.54 Å². The Morgan fingerprint density at radius 3 is 2.48 bits per heavy atom. The van der Waals surface area contributed by atoms with E-state index in [2.05, 4.69) is 57.1 Å². The minimum atomic E-state index is 0.754. The molecular weight excluding hydrogens is 394 g/mol. The highest BCUT2D eigenvalue weighted by Crippen LogP contribution is 2.33. The maximum atomic E-state index is 5.87. The predicted molar refractivity (Wildman–Crippen MR) is 98.1 cm³/mol. The molecule has 1 aromatic rings. The molecule has 4 heteroatoms. The predicted octanol–water partition coefficient (Wildman–Crippen LogP) is 6.06. The Bertz CT molecular complexity index is 410. The van der Waals surface area contributed by atoms with Crippen LogP contribution in [0.3, 0.4) is 0 Å². The van der Waals surface area contributed by atoms with E-state index in [0.717, 1.165) is 40.8 Å². The lowest BCUT2D eigenvalue weighted by Gasteiger charge is -2.14. The summed E-state index contributed by atoms with van der Waals surface area (Å²) in [6.07, 6.45) is 7.60. The first kappa shape index (κ1) is 19.0. The topological polar surface area (TPSA) is 21.3 Å². The first-order chi connectivity index (χ1) is 10.2. The van der Waals surface area contributed by atoms with Crippen molar-refractivity contribution in [3.63, 3.8) is 0 Å². The smallest absolute Gasteiger partial charge is 0.138 e. The molecule has 0 aromatic heterocycles. The Balaban J connectivity index is 2.45. The van der Waals surface area contributed by atoms with Crippen molar-refractivity contribution in [1.82, 2.24) is 5.32 Å². The molecule has 0 amide bonds. The fraction of sp³-hybridized carbons (Fsp3) is 0.647. The van der Waals surface area contributed by atoms with Crippen LogP contribution in [0.2, 0.25) is 0 Å². The van der Waals surface area contributed by atoms with Crippen LogP contribution in [0.5, 0.6) is 5.75 Å². The second kappa shape index (κ2) is 11.5. The van der Waals surface area contributed by atoms with Gasteiger partial charge in [-0.15, -0.1) is 0 Å². The highest BCUT2D eigenvalue weighted by molar-refractivity contribution is 9.11. The minimum absolute atomic E-state index is 0.754. The molecule has 21 heavy (non-hydrogen) atoms. The van der Waals surface area contributed by atoms with Crippen LogP contribution in [0.1, 0.15) is 57.9 Å². The summed E-state index contributed by atoms with van der Waals surface area (Å²) in [5.74, 6) is 0.971. The molecule has 0 saturated carbocycles. The Labute approximate surface area is 146 Å². The van der Waals surface area contributed by atoms with E-state index in [1.807, 2.05) is 6.07 Å². The third kappa shape index (κ3) is 7.66. The molecule has 1 aromatic carbocycles. The summed E-state index contributed by atoms with van der Waals surface area (Å²) in [5.41, 5.74) is 1.21. The van der Waals surface area contributed by atoms with Crippen molar-refractivity contribution in [3.8, 4) is 5.75 Å². The fourth-order valence-corrected chi connectivity index (χ4v) is 3.62. The molecule has 0 spiro atoms. The molecule has 0 heterocycles. The molecule has 120 valence electrons. The lowest BCUT2D eigenvalue weighted by molar-refractivity contribution is 0.311. The zero-order valence-corrected chi connectivity index (χ0v) is 16.4. The number of unbranched alkanes of at least 4 members (excludes halogenated alkanes) is 4. The average Bonchev–Trinajstić information content (AvgIpc) is 2.45. The number of hydrogen-bond acceptors (Lipinski definition) is 2. The zero-order chi connectivity index (χ0) is 15.5. The van der Waals surface area contributed by atoms with Gasteiger partial charge in [0.05, 0.1) is 11.1 Å². The maximum absolute atomic E-state index is 5.87. The molecule has 1 rings (SSSR count). The Hall–Kier alpha value is -0.0600. The number of nitrogens with one attached hydrogen (secondary N) is 1. The minimum Gasteiger partial charge on any atom is -0.492 e. The van der Waals surface area contributed by atoms with Gasteiger partial charge < -0.3 is 10.1 Å². The molecule has 0 aliphatic carbocycles. The summed E-state index contributed by atoms with van der Waals surface area (Å²) in [4.78, 5) is 0. The van der Waals surface area contributed by atoms with Crippen molar-refractivity contribution < 1.29 is 4.74 Å². The Kier molecular flexibility index (Phi) is 10.4. The van der Waals surface area contributed by atoms with Gasteiger partial charge in [0.1, 0.15) is 5.75 Å². The number of hydrogen-bond donors (Lipinski definition) is 1. The van der Waals surface area contributed by atoms with E-state index in [1.165, 1.54) is 37.7 Å². The van der Waals surface area contributed by atoms with Crippen LogP contribution in [0.15, 0.2) is 21.1 Å². The Morgan fingerprint density at radius 2 is 1.76 bits per heavy atom. The highest BCUT2D eigenvalue weighted by Gasteiger charge is 2.09. The largest absolute Gasteiger partial charge is 0.492 e. The molecule has 1 N–H and O–H groups in total. The summed E-state index contributed by atoms with van der Waals surface area (Å²) in [6, 6.07) is 4.18. The van der Waals surface area contributed by atoms with E-state index in [0.29, 0.717) is 0 Å². The van der Waals surface area contributed by atoms with Gasteiger partial charge in [0.15, 0.2) is 0 Å². The van der Waals surface area contributed by atoms with Gasteiger partial charge >= 0.3 is 0 Å². The number of halogens is 2. The van der Waals surface area contributed by atoms with Gasteiger partial charge in [-0.1, -0.05) is 55.5 Å².